The first-order valence-electron chi connectivity index (χ1n) is 36.4. The van der Waals surface area contributed by atoms with Gasteiger partial charge in [0.15, 0.2) is 6.10 Å². The lowest BCUT2D eigenvalue weighted by atomic mass is 10.0. The molecule has 0 heterocycles. The van der Waals surface area contributed by atoms with Gasteiger partial charge in [0.05, 0.1) is 0 Å². The number of carbonyl (C=O) groups is 3. The smallest absolute Gasteiger partial charge is 0.306 e. The number of unbranched alkanes of at least 4 members (excludes halogenated alkanes) is 44. The highest BCUT2D eigenvalue weighted by Gasteiger charge is 2.19. The summed E-state index contributed by atoms with van der Waals surface area (Å²) in [4.78, 5) is 38.5. The largest absolute Gasteiger partial charge is 0.462 e. The maximum absolute atomic E-state index is 13.0. The van der Waals surface area contributed by atoms with E-state index in [9.17, 15) is 14.4 Å². The van der Waals surface area contributed by atoms with Crippen LogP contribution in [0.5, 0.6) is 0 Å². The van der Waals surface area contributed by atoms with Gasteiger partial charge in [0.2, 0.25) is 0 Å². The van der Waals surface area contributed by atoms with E-state index < -0.39 is 6.10 Å². The Kier molecular flexibility index (Phi) is 68.6. The zero-order valence-corrected chi connectivity index (χ0v) is 55.5. The van der Waals surface area contributed by atoms with Gasteiger partial charge in [0, 0.05) is 19.3 Å². The monoisotopic (exact) mass is 1160 g/mol. The lowest BCUT2D eigenvalue weighted by Gasteiger charge is -2.18. The number of rotatable bonds is 67. The Labute approximate surface area is 516 Å². The Morgan fingerprint density at radius 3 is 0.747 bits per heavy atom. The minimum absolute atomic E-state index is 0.0748. The lowest BCUT2D eigenvalue weighted by Crippen LogP contribution is -2.30. The second-order valence-corrected chi connectivity index (χ2v) is 24.5. The van der Waals surface area contributed by atoms with Crippen molar-refractivity contribution in [3.8, 4) is 0 Å². The maximum Gasteiger partial charge on any atom is 0.306 e. The normalized spacial score (nSPS) is 12.5. The molecule has 0 aliphatic carbocycles. The SMILES string of the molecule is CC/C=C\C/C=C\C/C=C\C/C=C\CCCCCCCCCCCCCCCCCCC(=O)OCC(COC(=O)CCCCCCC/C=C\CCCCCCCC)OC(=O)CCCCCCCCCCC/C=C\CCCCCCCCCC. The van der Waals surface area contributed by atoms with Crippen LogP contribution in [0.25, 0.3) is 0 Å². The van der Waals surface area contributed by atoms with Crippen LogP contribution in [0.1, 0.15) is 380 Å². The summed E-state index contributed by atoms with van der Waals surface area (Å²) in [5.41, 5.74) is 0. The van der Waals surface area contributed by atoms with Crippen molar-refractivity contribution in [2.24, 2.45) is 0 Å². The molecule has 0 aromatic rings. The first kappa shape index (κ1) is 79.8. The molecule has 0 rings (SSSR count). The van der Waals surface area contributed by atoms with E-state index in [1.54, 1.807) is 0 Å². The molecule has 0 fully saturated rings. The number of ether oxygens (including phenoxy) is 3. The molecule has 0 N–H and O–H groups in total. The second-order valence-electron chi connectivity index (χ2n) is 24.5. The van der Waals surface area contributed by atoms with Gasteiger partial charge >= 0.3 is 17.9 Å². The molecule has 0 spiro atoms. The van der Waals surface area contributed by atoms with Crippen molar-refractivity contribution in [3.05, 3.63) is 72.9 Å². The zero-order chi connectivity index (χ0) is 59.9. The summed E-state index contributed by atoms with van der Waals surface area (Å²) < 4.78 is 17.0. The van der Waals surface area contributed by atoms with Gasteiger partial charge < -0.3 is 14.2 Å². The molecule has 1 atom stereocenters. The third-order valence-electron chi connectivity index (χ3n) is 16.2. The van der Waals surface area contributed by atoms with Crippen molar-refractivity contribution in [2.45, 2.75) is 386 Å². The molecule has 0 aliphatic heterocycles. The lowest BCUT2D eigenvalue weighted by molar-refractivity contribution is -0.167. The summed E-state index contributed by atoms with van der Waals surface area (Å²) in [7, 11) is 0. The Hall–Kier alpha value is -3.15. The molecule has 0 bridgehead atoms. The van der Waals surface area contributed by atoms with E-state index in [0.29, 0.717) is 19.3 Å². The van der Waals surface area contributed by atoms with E-state index in [0.717, 1.165) is 89.9 Å². The van der Waals surface area contributed by atoms with Crippen molar-refractivity contribution in [1.82, 2.24) is 0 Å². The molecule has 83 heavy (non-hydrogen) atoms. The van der Waals surface area contributed by atoms with Gasteiger partial charge in [-0.1, -0.05) is 325 Å². The summed E-state index contributed by atoms with van der Waals surface area (Å²) in [6.45, 7) is 6.57. The average Bonchev–Trinajstić information content (AvgIpc) is 3.49. The Morgan fingerprint density at radius 1 is 0.253 bits per heavy atom. The van der Waals surface area contributed by atoms with Gasteiger partial charge in [-0.25, -0.2) is 0 Å². The van der Waals surface area contributed by atoms with E-state index in [1.807, 2.05) is 0 Å². The van der Waals surface area contributed by atoms with Gasteiger partial charge in [-0.15, -0.1) is 0 Å². The van der Waals surface area contributed by atoms with Crippen molar-refractivity contribution in [2.75, 3.05) is 13.2 Å². The number of hydrogen-bond acceptors (Lipinski definition) is 6. The molecule has 6 heteroatoms. The van der Waals surface area contributed by atoms with Crippen LogP contribution in [0.15, 0.2) is 72.9 Å². The van der Waals surface area contributed by atoms with Crippen molar-refractivity contribution < 1.29 is 28.6 Å². The summed E-state index contributed by atoms with van der Waals surface area (Å²) in [6, 6.07) is 0. The van der Waals surface area contributed by atoms with Crippen molar-refractivity contribution in [1.29, 1.82) is 0 Å². The van der Waals surface area contributed by atoms with Gasteiger partial charge in [0.1, 0.15) is 13.2 Å². The average molecular weight is 1160 g/mol. The number of allylic oxidation sites excluding steroid dienone is 12. The fourth-order valence-corrected chi connectivity index (χ4v) is 10.7. The molecule has 482 valence electrons. The maximum atomic E-state index is 13.0. The highest BCUT2D eigenvalue weighted by atomic mass is 16.6. The summed E-state index contributed by atoms with van der Waals surface area (Å²) in [6.07, 6.45) is 93.6. The second kappa shape index (κ2) is 71.3. The van der Waals surface area contributed by atoms with Crippen molar-refractivity contribution in [3.63, 3.8) is 0 Å². The zero-order valence-electron chi connectivity index (χ0n) is 55.5. The molecule has 0 aromatic heterocycles. The predicted octanol–water partition coefficient (Wildman–Crippen LogP) is 25.2. The van der Waals surface area contributed by atoms with Gasteiger partial charge in [-0.2, -0.15) is 0 Å². The minimum atomic E-state index is -0.780. The third-order valence-corrected chi connectivity index (χ3v) is 16.2. The minimum Gasteiger partial charge on any atom is -0.462 e. The van der Waals surface area contributed by atoms with Crippen LogP contribution >= 0.6 is 0 Å². The van der Waals surface area contributed by atoms with Gasteiger partial charge in [0.25, 0.3) is 0 Å². The molecule has 0 saturated heterocycles. The quantitative estimate of drug-likeness (QED) is 0.0261. The molecule has 0 amide bonds. The molecule has 1 unspecified atom stereocenters. The van der Waals surface area contributed by atoms with Crippen LogP contribution in [0.4, 0.5) is 0 Å². The number of hydrogen-bond donors (Lipinski definition) is 0. The Balaban J connectivity index is 4.26. The summed E-state index contributed by atoms with van der Waals surface area (Å²) in [5, 5.41) is 0. The molecule has 6 nitrogen and oxygen atoms in total. The van der Waals surface area contributed by atoms with Crippen LogP contribution < -0.4 is 0 Å². The number of esters is 3. The van der Waals surface area contributed by atoms with Crippen LogP contribution in [-0.4, -0.2) is 37.2 Å². The number of carbonyl (C=O) groups excluding carboxylic acids is 3. The molecule has 0 aromatic carbocycles. The molecule has 0 saturated carbocycles. The standard InChI is InChI=1S/C77H138O6/c1-4-7-10-13-16-19-22-25-28-30-32-34-35-36-37-38-39-40-41-43-44-46-49-52-55-58-61-64-67-70-76(79)82-73-74(72-81-75(78)69-66-63-60-57-54-51-48-27-24-21-18-15-12-9-6-3)83-77(80)71-68-65-62-59-56-53-50-47-45-42-33-31-29-26-23-20-17-14-11-8-5-2/h7,10,16,19,25,27-28,31-34,48,74H,4-6,8-9,11-15,17-18,20-24,26,29-30,35-47,49-73H2,1-3H3/b10-7-,19-16-,28-25-,33-31-,34-32-,48-27-. The van der Waals surface area contributed by atoms with Gasteiger partial charge in [-0.05, 0) is 109 Å². The Bertz CT molecular complexity index is 1520. The predicted molar refractivity (Wildman–Crippen MR) is 362 cm³/mol. The Morgan fingerprint density at radius 2 is 0.470 bits per heavy atom. The third kappa shape index (κ3) is 69.5. The molecular formula is C77H138O6. The summed E-state index contributed by atoms with van der Waals surface area (Å²) >= 11 is 0. The summed E-state index contributed by atoms with van der Waals surface area (Å²) in [5.74, 6) is -0.862. The van der Waals surface area contributed by atoms with E-state index in [2.05, 4.69) is 93.7 Å². The fraction of sp³-hybridized carbons (Fsp3) is 0.805. The van der Waals surface area contributed by atoms with E-state index in [-0.39, 0.29) is 31.1 Å². The highest BCUT2D eigenvalue weighted by Crippen LogP contribution is 2.18. The molecular weight excluding hydrogens is 1020 g/mol. The highest BCUT2D eigenvalue weighted by molar-refractivity contribution is 5.71. The van der Waals surface area contributed by atoms with Crippen LogP contribution in [0.2, 0.25) is 0 Å². The van der Waals surface area contributed by atoms with Gasteiger partial charge in [-0.3, -0.25) is 14.4 Å². The van der Waals surface area contributed by atoms with Crippen LogP contribution in [-0.2, 0) is 28.6 Å². The molecule has 0 radical (unpaired) electrons. The van der Waals surface area contributed by atoms with Crippen molar-refractivity contribution >= 4 is 17.9 Å². The first-order valence-corrected chi connectivity index (χ1v) is 36.4. The fourth-order valence-electron chi connectivity index (χ4n) is 10.7. The topological polar surface area (TPSA) is 78.9 Å². The molecule has 0 aliphatic rings. The van der Waals surface area contributed by atoms with Crippen LogP contribution in [0.3, 0.4) is 0 Å². The van der Waals surface area contributed by atoms with Crippen LogP contribution in [0, 0.1) is 0 Å². The first-order chi connectivity index (χ1) is 41.0. The van der Waals surface area contributed by atoms with E-state index in [4.69, 9.17) is 14.2 Å². The van der Waals surface area contributed by atoms with E-state index >= 15 is 0 Å². The van der Waals surface area contributed by atoms with E-state index in [1.165, 1.54) is 250 Å².